The number of nitrogens with zero attached hydrogens (tertiary/aromatic N) is 2. The molecule has 4 heteroatoms. The molecular weight excluding hydrogens is 262 g/mol. The van der Waals surface area contributed by atoms with E-state index < -0.39 is 0 Å². The number of carbonyl (C=O) groups excluding carboxylic acids is 1. The summed E-state index contributed by atoms with van der Waals surface area (Å²) in [7, 11) is 0. The van der Waals surface area contributed by atoms with Crippen LogP contribution < -0.4 is 5.32 Å². The van der Waals surface area contributed by atoms with Crippen molar-refractivity contribution in [2.45, 2.75) is 13.8 Å². The van der Waals surface area contributed by atoms with Gasteiger partial charge in [0, 0.05) is 18.1 Å². The molecule has 0 aliphatic carbocycles. The highest BCUT2D eigenvalue weighted by atomic mass is 16.1. The number of rotatable bonds is 2. The van der Waals surface area contributed by atoms with Crippen molar-refractivity contribution in [3.8, 4) is 0 Å². The van der Waals surface area contributed by atoms with E-state index in [9.17, 15) is 4.79 Å². The predicted octanol–water partition coefficient (Wildman–Crippen LogP) is 3.50. The van der Waals surface area contributed by atoms with E-state index in [2.05, 4.69) is 15.3 Å². The van der Waals surface area contributed by atoms with Gasteiger partial charge in [-0.15, -0.1) is 0 Å². The molecule has 3 aromatic rings. The fourth-order valence-corrected chi connectivity index (χ4v) is 2.25. The topological polar surface area (TPSA) is 54.9 Å². The Morgan fingerprint density at radius 1 is 1.00 bits per heavy atom. The maximum Gasteiger partial charge on any atom is 0.257 e. The number of hydrogen-bond acceptors (Lipinski definition) is 3. The van der Waals surface area contributed by atoms with Crippen LogP contribution in [0.4, 0.5) is 5.69 Å². The number of fused-ring (bicyclic) bond motifs is 1. The Bertz CT molecular complexity index is 822. The molecule has 1 heterocycles. The fraction of sp³-hybridized carbons (Fsp3) is 0.118. The van der Waals surface area contributed by atoms with Gasteiger partial charge in [0.15, 0.2) is 0 Å². The van der Waals surface area contributed by atoms with E-state index in [1.807, 2.05) is 44.2 Å². The summed E-state index contributed by atoms with van der Waals surface area (Å²) in [5.41, 5.74) is 4.89. The molecule has 104 valence electrons. The lowest BCUT2D eigenvalue weighted by Crippen LogP contribution is -2.14. The number of hydrogen-bond donors (Lipinski definition) is 1. The van der Waals surface area contributed by atoms with E-state index >= 15 is 0 Å². The Morgan fingerprint density at radius 2 is 1.76 bits per heavy atom. The number of para-hydroxylation sites is 1. The molecule has 2 aromatic carbocycles. The molecule has 0 bridgehead atoms. The molecule has 0 spiro atoms. The summed E-state index contributed by atoms with van der Waals surface area (Å²) in [6.07, 6.45) is 3.21. The molecule has 0 radical (unpaired) electrons. The smallest absolute Gasteiger partial charge is 0.257 e. The van der Waals surface area contributed by atoms with Gasteiger partial charge in [0.05, 0.1) is 11.1 Å². The molecule has 0 saturated heterocycles. The molecule has 3 rings (SSSR count). The average molecular weight is 277 g/mol. The zero-order chi connectivity index (χ0) is 14.8. The van der Waals surface area contributed by atoms with E-state index in [0.29, 0.717) is 16.6 Å². The van der Waals surface area contributed by atoms with Crippen molar-refractivity contribution in [2.75, 3.05) is 5.32 Å². The van der Waals surface area contributed by atoms with Crippen LogP contribution in [0.25, 0.3) is 11.0 Å². The summed E-state index contributed by atoms with van der Waals surface area (Å²) in [6.45, 7) is 4.02. The SMILES string of the molecule is Cc1cccc(NC(=O)c2cccc3nccnc23)c1C. The highest BCUT2D eigenvalue weighted by Gasteiger charge is 2.12. The average Bonchev–Trinajstić information content (AvgIpc) is 2.51. The van der Waals surface area contributed by atoms with Crippen LogP contribution in [-0.4, -0.2) is 15.9 Å². The third kappa shape index (κ3) is 2.48. The highest BCUT2D eigenvalue weighted by Crippen LogP contribution is 2.20. The Labute approximate surface area is 122 Å². The number of aromatic nitrogens is 2. The molecular formula is C17H15N3O. The molecule has 0 unspecified atom stereocenters. The normalized spacial score (nSPS) is 10.6. The molecule has 1 N–H and O–H groups in total. The van der Waals surface area contributed by atoms with Crippen LogP contribution in [0, 0.1) is 13.8 Å². The van der Waals surface area contributed by atoms with Crippen molar-refractivity contribution in [1.29, 1.82) is 0 Å². The fourth-order valence-electron chi connectivity index (χ4n) is 2.25. The van der Waals surface area contributed by atoms with Crippen molar-refractivity contribution >= 4 is 22.6 Å². The van der Waals surface area contributed by atoms with E-state index in [4.69, 9.17) is 0 Å². The first-order valence-electron chi connectivity index (χ1n) is 6.74. The second kappa shape index (κ2) is 5.32. The number of carbonyl (C=O) groups is 1. The first kappa shape index (κ1) is 13.2. The van der Waals surface area contributed by atoms with Crippen molar-refractivity contribution < 1.29 is 4.79 Å². The molecule has 0 aliphatic heterocycles. The van der Waals surface area contributed by atoms with Crippen LogP contribution in [0.15, 0.2) is 48.8 Å². The van der Waals surface area contributed by atoms with Crippen molar-refractivity contribution in [1.82, 2.24) is 9.97 Å². The summed E-state index contributed by atoms with van der Waals surface area (Å²) in [5, 5.41) is 2.95. The number of aryl methyl sites for hydroxylation is 1. The number of nitrogens with one attached hydrogen (secondary N) is 1. The monoisotopic (exact) mass is 277 g/mol. The highest BCUT2D eigenvalue weighted by molar-refractivity contribution is 6.11. The van der Waals surface area contributed by atoms with Gasteiger partial charge in [-0.25, -0.2) is 0 Å². The Morgan fingerprint density at radius 3 is 2.62 bits per heavy atom. The van der Waals surface area contributed by atoms with Crippen molar-refractivity contribution in [3.63, 3.8) is 0 Å². The van der Waals surface area contributed by atoms with Crippen molar-refractivity contribution in [2.24, 2.45) is 0 Å². The van der Waals surface area contributed by atoms with Gasteiger partial charge in [-0.3, -0.25) is 14.8 Å². The Hall–Kier alpha value is -2.75. The van der Waals surface area contributed by atoms with Gasteiger partial charge in [-0.1, -0.05) is 18.2 Å². The third-order valence-electron chi connectivity index (χ3n) is 3.60. The summed E-state index contributed by atoms with van der Waals surface area (Å²) in [4.78, 5) is 21.0. The van der Waals surface area contributed by atoms with Gasteiger partial charge in [0.1, 0.15) is 5.52 Å². The van der Waals surface area contributed by atoms with Crippen LogP contribution in [0.5, 0.6) is 0 Å². The van der Waals surface area contributed by atoms with Crippen LogP contribution in [0.1, 0.15) is 21.5 Å². The van der Waals surface area contributed by atoms with Gasteiger partial charge >= 0.3 is 0 Å². The van der Waals surface area contributed by atoms with Crippen LogP contribution in [0.3, 0.4) is 0 Å². The first-order chi connectivity index (χ1) is 10.2. The molecule has 0 saturated carbocycles. The van der Waals surface area contributed by atoms with Gasteiger partial charge in [0.25, 0.3) is 5.91 Å². The zero-order valence-electron chi connectivity index (χ0n) is 11.9. The first-order valence-corrected chi connectivity index (χ1v) is 6.74. The van der Waals surface area contributed by atoms with E-state index in [0.717, 1.165) is 16.8 Å². The minimum atomic E-state index is -0.171. The molecule has 0 aliphatic rings. The third-order valence-corrected chi connectivity index (χ3v) is 3.60. The molecule has 0 atom stereocenters. The minimum absolute atomic E-state index is 0.171. The lowest BCUT2D eigenvalue weighted by atomic mass is 10.1. The molecule has 4 nitrogen and oxygen atoms in total. The van der Waals surface area contributed by atoms with Gasteiger partial charge in [-0.05, 0) is 43.2 Å². The predicted molar refractivity (Wildman–Crippen MR) is 83.4 cm³/mol. The quantitative estimate of drug-likeness (QED) is 0.780. The van der Waals surface area contributed by atoms with E-state index in [1.165, 1.54) is 0 Å². The lowest BCUT2D eigenvalue weighted by molar-refractivity contribution is 0.102. The zero-order valence-corrected chi connectivity index (χ0v) is 11.9. The Kier molecular flexibility index (Phi) is 3.36. The van der Waals surface area contributed by atoms with Crippen LogP contribution in [-0.2, 0) is 0 Å². The van der Waals surface area contributed by atoms with Gasteiger partial charge in [0.2, 0.25) is 0 Å². The lowest BCUT2D eigenvalue weighted by Gasteiger charge is -2.11. The summed E-state index contributed by atoms with van der Waals surface area (Å²) in [6, 6.07) is 11.3. The number of anilines is 1. The Balaban J connectivity index is 2.00. The van der Waals surface area contributed by atoms with Crippen LogP contribution in [0.2, 0.25) is 0 Å². The maximum absolute atomic E-state index is 12.5. The molecule has 0 fully saturated rings. The molecule has 1 aromatic heterocycles. The van der Waals surface area contributed by atoms with Crippen LogP contribution >= 0.6 is 0 Å². The summed E-state index contributed by atoms with van der Waals surface area (Å²) >= 11 is 0. The standard InChI is InChI=1S/C17H15N3O/c1-11-5-3-7-14(12(11)2)20-17(21)13-6-4-8-15-16(13)19-10-9-18-15/h3-10H,1-2H3,(H,20,21). The van der Waals surface area contributed by atoms with Crippen molar-refractivity contribution in [3.05, 3.63) is 65.5 Å². The second-order valence-corrected chi connectivity index (χ2v) is 4.93. The summed E-state index contributed by atoms with van der Waals surface area (Å²) in [5.74, 6) is -0.171. The largest absolute Gasteiger partial charge is 0.322 e. The molecule has 21 heavy (non-hydrogen) atoms. The van der Waals surface area contributed by atoms with Gasteiger partial charge in [-0.2, -0.15) is 0 Å². The minimum Gasteiger partial charge on any atom is -0.322 e. The van der Waals surface area contributed by atoms with Gasteiger partial charge < -0.3 is 5.32 Å². The summed E-state index contributed by atoms with van der Waals surface area (Å²) < 4.78 is 0. The molecule has 1 amide bonds. The second-order valence-electron chi connectivity index (χ2n) is 4.93. The van der Waals surface area contributed by atoms with E-state index in [1.54, 1.807) is 18.5 Å². The number of benzene rings is 2. The van der Waals surface area contributed by atoms with E-state index in [-0.39, 0.29) is 5.91 Å². The number of amides is 1. The maximum atomic E-state index is 12.5.